The summed E-state index contributed by atoms with van der Waals surface area (Å²) in [7, 11) is 0. The third-order valence-corrected chi connectivity index (χ3v) is 2.85. The van der Waals surface area contributed by atoms with Crippen LogP contribution in [-0.4, -0.2) is 9.78 Å². The molecule has 0 aliphatic heterocycles. The Hall–Kier alpha value is -1.79. The van der Waals surface area contributed by atoms with Gasteiger partial charge in [-0.2, -0.15) is 10.4 Å². The van der Waals surface area contributed by atoms with Crippen molar-refractivity contribution in [3.05, 3.63) is 46.7 Å². The fraction of sp³-hybridized carbons (Fsp3) is 0.231. The molecule has 0 amide bonds. The molecule has 0 N–H and O–H groups in total. The Bertz CT molecular complexity index is 552. The van der Waals surface area contributed by atoms with Crippen LogP contribution < -0.4 is 0 Å². The predicted octanol–water partition coefficient (Wildman–Crippen LogP) is 3.35. The molecule has 0 saturated heterocycles. The first-order valence-corrected chi connectivity index (χ1v) is 5.88. The van der Waals surface area contributed by atoms with Gasteiger partial charge in [0.15, 0.2) is 5.15 Å². The molecule has 0 saturated carbocycles. The van der Waals surface area contributed by atoms with Crippen LogP contribution in [0.1, 0.15) is 24.6 Å². The summed E-state index contributed by atoms with van der Waals surface area (Å²) in [6.45, 7) is 2.05. The highest BCUT2D eigenvalue weighted by atomic mass is 35.5. The van der Waals surface area contributed by atoms with Crippen molar-refractivity contribution in [2.24, 2.45) is 0 Å². The van der Waals surface area contributed by atoms with Gasteiger partial charge in [-0.3, -0.25) is 0 Å². The first-order valence-electron chi connectivity index (χ1n) is 5.50. The molecule has 4 heteroatoms. The second-order valence-corrected chi connectivity index (χ2v) is 4.08. The zero-order valence-corrected chi connectivity index (χ0v) is 10.3. The molecule has 0 fully saturated rings. The minimum absolute atomic E-state index is 0.391. The molecule has 0 bridgehead atoms. The lowest BCUT2D eigenvalue weighted by Gasteiger charge is -2.01. The number of benzene rings is 1. The maximum Gasteiger partial charge on any atom is 0.150 e. The minimum atomic E-state index is 0.391. The average molecular weight is 246 g/mol. The topological polar surface area (TPSA) is 41.6 Å². The van der Waals surface area contributed by atoms with E-state index in [-0.39, 0.29) is 0 Å². The molecular formula is C13H12ClN3. The first-order chi connectivity index (χ1) is 8.27. The van der Waals surface area contributed by atoms with Crippen LogP contribution in [0.4, 0.5) is 0 Å². The van der Waals surface area contributed by atoms with Crippen LogP contribution in [0, 0.1) is 11.3 Å². The Labute approximate surface area is 105 Å². The Kier molecular flexibility index (Phi) is 3.46. The SMILES string of the molecule is CCCc1nn(-c2ccccc2)c(Cl)c1C#N. The van der Waals surface area contributed by atoms with E-state index in [0.29, 0.717) is 10.7 Å². The summed E-state index contributed by atoms with van der Waals surface area (Å²) in [4.78, 5) is 0. The smallest absolute Gasteiger partial charge is 0.150 e. The van der Waals surface area contributed by atoms with Crippen LogP contribution in [0.25, 0.3) is 5.69 Å². The normalized spacial score (nSPS) is 10.2. The Morgan fingerprint density at radius 2 is 2.06 bits per heavy atom. The molecule has 0 atom stereocenters. The van der Waals surface area contributed by atoms with Crippen LogP contribution in [0.5, 0.6) is 0 Å². The molecule has 1 aromatic heterocycles. The van der Waals surface area contributed by atoms with E-state index >= 15 is 0 Å². The number of aryl methyl sites for hydroxylation is 1. The lowest BCUT2D eigenvalue weighted by atomic mass is 10.2. The van der Waals surface area contributed by atoms with Crippen molar-refractivity contribution in [2.75, 3.05) is 0 Å². The molecule has 1 aromatic carbocycles. The second-order valence-electron chi connectivity index (χ2n) is 3.72. The van der Waals surface area contributed by atoms with Crippen molar-refractivity contribution < 1.29 is 0 Å². The third kappa shape index (κ3) is 2.17. The zero-order chi connectivity index (χ0) is 12.3. The Balaban J connectivity index is 2.54. The molecular weight excluding hydrogens is 234 g/mol. The summed E-state index contributed by atoms with van der Waals surface area (Å²) >= 11 is 6.18. The van der Waals surface area contributed by atoms with Gasteiger partial charge in [-0.15, -0.1) is 0 Å². The van der Waals surface area contributed by atoms with Crippen molar-refractivity contribution in [3.8, 4) is 11.8 Å². The standard InChI is InChI=1S/C13H12ClN3/c1-2-6-12-11(9-15)13(14)17(16-12)10-7-4-3-5-8-10/h3-5,7-8H,2,6H2,1H3. The van der Waals surface area contributed by atoms with E-state index in [9.17, 15) is 0 Å². The molecule has 17 heavy (non-hydrogen) atoms. The van der Waals surface area contributed by atoms with Crippen LogP contribution in [0.2, 0.25) is 5.15 Å². The van der Waals surface area contributed by atoms with Gasteiger partial charge in [0, 0.05) is 0 Å². The van der Waals surface area contributed by atoms with Gasteiger partial charge in [0.05, 0.1) is 11.4 Å². The number of halogens is 1. The zero-order valence-electron chi connectivity index (χ0n) is 9.52. The minimum Gasteiger partial charge on any atom is -0.221 e. The average Bonchev–Trinajstić information content (AvgIpc) is 2.67. The number of hydrogen-bond acceptors (Lipinski definition) is 2. The fourth-order valence-corrected chi connectivity index (χ4v) is 1.99. The van der Waals surface area contributed by atoms with Crippen molar-refractivity contribution in [1.82, 2.24) is 9.78 Å². The van der Waals surface area contributed by atoms with E-state index in [2.05, 4.69) is 18.1 Å². The lowest BCUT2D eigenvalue weighted by molar-refractivity contribution is 0.806. The van der Waals surface area contributed by atoms with Crippen molar-refractivity contribution >= 4 is 11.6 Å². The summed E-state index contributed by atoms with van der Waals surface area (Å²) in [6.07, 6.45) is 1.71. The monoisotopic (exact) mass is 245 g/mol. The van der Waals surface area contributed by atoms with E-state index in [1.54, 1.807) is 4.68 Å². The summed E-state index contributed by atoms with van der Waals surface area (Å²) in [5, 5.41) is 13.9. The van der Waals surface area contributed by atoms with Gasteiger partial charge in [0.1, 0.15) is 11.6 Å². The second kappa shape index (κ2) is 5.03. The molecule has 0 spiro atoms. The van der Waals surface area contributed by atoms with Crippen molar-refractivity contribution in [3.63, 3.8) is 0 Å². The highest BCUT2D eigenvalue weighted by Crippen LogP contribution is 2.23. The molecule has 0 aliphatic rings. The third-order valence-electron chi connectivity index (χ3n) is 2.50. The highest BCUT2D eigenvalue weighted by molar-refractivity contribution is 6.31. The molecule has 0 unspecified atom stereocenters. The van der Waals surface area contributed by atoms with Gasteiger partial charge >= 0.3 is 0 Å². The largest absolute Gasteiger partial charge is 0.221 e. The van der Waals surface area contributed by atoms with Gasteiger partial charge in [-0.05, 0) is 18.6 Å². The molecule has 2 aromatic rings. The summed E-state index contributed by atoms with van der Waals surface area (Å²) < 4.78 is 1.62. The van der Waals surface area contributed by atoms with Crippen molar-refractivity contribution in [2.45, 2.75) is 19.8 Å². The van der Waals surface area contributed by atoms with Gasteiger partial charge in [-0.25, -0.2) is 4.68 Å². The van der Waals surface area contributed by atoms with E-state index in [1.807, 2.05) is 30.3 Å². The molecule has 86 valence electrons. The van der Waals surface area contributed by atoms with Crippen LogP contribution >= 0.6 is 11.6 Å². The molecule has 1 heterocycles. The molecule has 0 aliphatic carbocycles. The van der Waals surface area contributed by atoms with E-state index in [0.717, 1.165) is 24.2 Å². The number of aromatic nitrogens is 2. The summed E-state index contributed by atoms with van der Waals surface area (Å²) in [6, 6.07) is 11.7. The highest BCUT2D eigenvalue weighted by Gasteiger charge is 2.16. The number of hydrogen-bond donors (Lipinski definition) is 0. The lowest BCUT2D eigenvalue weighted by Crippen LogP contribution is -1.96. The van der Waals surface area contributed by atoms with Crippen LogP contribution in [0.15, 0.2) is 30.3 Å². The Morgan fingerprint density at radius 3 is 2.65 bits per heavy atom. The van der Waals surface area contributed by atoms with E-state index in [1.165, 1.54) is 0 Å². The van der Waals surface area contributed by atoms with E-state index in [4.69, 9.17) is 16.9 Å². The van der Waals surface area contributed by atoms with Crippen molar-refractivity contribution in [1.29, 1.82) is 5.26 Å². The molecule has 2 rings (SSSR count). The molecule has 3 nitrogen and oxygen atoms in total. The maximum absolute atomic E-state index is 9.10. The summed E-state index contributed by atoms with van der Waals surface area (Å²) in [5.74, 6) is 0. The van der Waals surface area contributed by atoms with Crippen LogP contribution in [-0.2, 0) is 6.42 Å². The number of para-hydroxylation sites is 1. The van der Waals surface area contributed by atoms with Gasteiger partial charge in [0.25, 0.3) is 0 Å². The maximum atomic E-state index is 9.10. The predicted molar refractivity (Wildman–Crippen MR) is 67.3 cm³/mol. The van der Waals surface area contributed by atoms with Gasteiger partial charge in [0.2, 0.25) is 0 Å². The first kappa shape index (κ1) is 11.7. The quantitative estimate of drug-likeness (QED) is 0.832. The number of nitriles is 1. The Morgan fingerprint density at radius 1 is 1.35 bits per heavy atom. The molecule has 0 radical (unpaired) electrons. The van der Waals surface area contributed by atoms with E-state index < -0.39 is 0 Å². The number of nitrogens with zero attached hydrogens (tertiary/aromatic N) is 3. The summed E-state index contributed by atoms with van der Waals surface area (Å²) in [5.41, 5.74) is 2.12. The van der Waals surface area contributed by atoms with Crippen LogP contribution in [0.3, 0.4) is 0 Å². The number of rotatable bonds is 3. The van der Waals surface area contributed by atoms with Gasteiger partial charge < -0.3 is 0 Å². The van der Waals surface area contributed by atoms with Gasteiger partial charge in [-0.1, -0.05) is 43.1 Å². The fourth-order valence-electron chi connectivity index (χ4n) is 1.70.